The van der Waals surface area contributed by atoms with Gasteiger partial charge in [0.2, 0.25) is 17.7 Å². The summed E-state index contributed by atoms with van der Waals surface area (Å²) in [4.78, 5) is 53.1. The molecule has 2 saturated heterocycles. The lowest BCUT2D eigenvalue weighted by Gasteiger charge is -2.36. The minimum atomic E-state index is -0.599. The Hall–Kier alpha value is -2.94. The van der Waals surface area contributed by atoms with Gasteiger partial charge in [0.05, 0.1) is 6.54 Å². The molecule has 38 heavy (non-hydrogen) atoms. The van der Waals surface area contributed by atoms with Crippen molar-refractivity contribution in [3.05, 3.63) is 29.3 Å². The highest BCUT2D eigenvalue weighted by atomic mass is 16.2. The third-order valence-electron chi connectivity index (χ3n) is 9.30. The predicted octanol–water partition coefficient (Wildman–Crippen LogP) is 2.41. The van der Waals surface area contributed by atoms with Crippen molar-refractivity contribution in [2.24, 2.45) is 11.8 Å². The standard InChI is InChI=1S/C29H39N5O4/c35-26-12-11-25(28(37)32-26)34-17-22-21(29(34)38)3-1-4-23(22)31-24(15-18-5-6-18)19-7-9-20(10-8-19)30-16-27(36)33-13-2-14-33/h1,3-4,18-20,24-25,30-31H,2,5-17H2,(H,32,35,37)/t19?,20?,24-,25-/m1/s1. The molecule has 9 heteroatoms. The molecule has 2 aliphatic carbocycles. The zero-order chi connectivity index (χ0) is 26.2. The summed E-state index contributed by atoms with van der Waals surface area (Å²) in [5.41, 5.74) is 2.61. The Bertz CT molecular complexity index is 1110. The summed E-state index contributed by atoms with van der Waals surface area (Å²) in [6, 6.07) is 5.99. The van der Waals surface area contributed by atoms with E-state index >= 15 is 0 Å². The summed E-state index contributed by atoms with van der Waals surface area (Å²) < 4.78 is 0. The van der Waals surface area contributed by atoms with Crippen molar-refractivity contribution in [1.29, 1.82) is 0 Å². The number of carbonyl (C=O) groups excluding carboxylic acids is 4. The Morgan fingerprint density at radius 2 is 1.82 bits per heavy atom. The number of imide groups is 1. The molecule has 4 amide bonds. The van der Waals surface area contributed by atoms with Crippen LogP contribution in [0.2, 0.25) is 0 Å². The van der Waals surface area contributed by atoms with Crippen LogP contribution in [0.5, 0.6) is 0 Å². The number of carbonyl (C=O) groups is 4. The maximum atomic E-state index is 13.3. The van der Waals surface area contributed by atoms with Crippen molar-refractivity contribution in [1.82, 2.24) is 20.4 Å². The molecule has 4 fully saturated rings. The highest BCUT2D eigenvalue weighted by molar-refractivity contribution is 6.06. The van der Waals surface area contributed by atoms with Crippen LogP contribution in [0.25, 0.3) is 0 Å². The number of nitrogens with one attached hydrogen (secondary N) is 3. The molecule has 2 saturated carbocycles. The van der Waals surface area contributed by atoms with Crippen LogP contribution >= 0.6 is 0 Å². The molecule has 9 nitrogen and oxygen atoms in total. The first-order valence-electron chi connectivity index (χ1n) is 14.5. The van der Waals surface area contributed by atoms with E-state index < -0.39 is 6.04 Å². The van der Waals surface area contributed by atoms with E-state index in [0.29, 0.717) is 43.1 Å². The van der Waals surface area contributed by atoms with E-state index in [9.17, 15) is 19.2 Å². The van der Waals surface area contributed by atoms with Gasteiger partial charge in [-0.3, -0.25) is 24.5 Å². The van der Waals surface area contributed by atoms with E-state index in [4.69, 9.17) is 0 Å². The monoisotopic (exact) mass is 521 g/mol. The molecular formula is C29H39N5O4. The van der Waals surface area contributed by atoms with Gasteiger partial charge in [-0.25, -0.2) is 0 Å². The van der Waals surface area contributed by atoms with Gasteiger partial charge in [0.1, 0.15) is 6.04 Å². The summed E-state index contributed by atoms with van der Waals surface area (Å²) in [5, 5.41) is 9.76. The van der Waals surface area contributed by atoms with Crippen LogP contribution in [0.3, 0.4) is 0 Å². The summed E-state index contributed by atoms with van der Waals surface area (Å²) in [5.74, 6) is 0.783. The van der Waals surface area contributed by atoms with Crippen LogP contribution in [0.4, 0.5) is 5.69 Å². The number of likely N-dealkylation sites (tertiary alicyclic amines) is 1. The van der Waals surface area contributed by atoms with Crippen LogP contribution in [0.15, 0.2) is 18.2 Å². The van der Waals surface area contributed by atoms with Gasteiger partial charge in [0, 0.05) is 55.0 Å². The van der Waals surface area contributed by atoms with Gasteiger partial charge in [0.15, 0.2) is 0 Å². The van der Waals surface area contributed by atoms with E-state index in [1.54, 1.807) is 4.90 Å². The van der Waals surface area contributed by atoms with Crippen molar-refractivity contribution in [3.63, 3.8) is 0 Å². The van der Waals surface area contributed by atoms with Crippen LogP contribution in [-0.4, -0.2) is 71.2 Å². The number of amides is 4. The molecule has 0 unspecified atom stereocenters. The van der Waals surface area contributed by atoms with Gasteiger partial charge in [-0.2, -0.15) is 0 Å². The van der Waals surface area contributed by atoms with E-state index in [0.717, 1.165) is 68.8 Å². The quantitative estimate of drug-likeness (QED) is 0.431. The molecule has 2 atom stereocenters. The van der Waals surface area contributed by atoms with Gasteiger partial charge in [-0.15, -0.1) is 0 Å². The smallest absolute Gasteiger partial charge is 0.255 e. The maximum Gasteiger partial charge on any atom is 0.255 e. The zero-order valence-corrected chi connectivity index (χ0v) is 22.0. The average molecular weight is 522 g/mol. The fourth-order valence-corrected chi connectivity index (χ4v) is 6.64. The Labute approximate surface area is 224 Å². The summed E-state index contributed by atoms with van der Waals surface area (Å²) in [6.45, 7) is 2.65. The number of hydrogen-bond acceptors (Lipinski definition) is 6. The van der Waals surface area contributed by atoms with Gasteiger partial charge < -0.3 is 20.4 Å². The second kappa shape index (κ2) is 10.7. The number of anilines is 1. The summed E-state index contributed by atoms with van der Waals surface area (Å²) in [6.07, 6.45) is 9.89. The van der Waals surface area contributed by atoms with Gasteiger partial charge in [0.25, 0.3) is 5.91 Å². The summed E-state index contributed by atoms with van der Waals surface area (Å²) >= 11 is 0. The average Bonchev–Trinajstić information content (AvgIpc) is 3.63. The number of hydrogen-bond donors (Lipinski definition) is 3. The molecule has 204 valence electrons. The first-order valence-corrected chi connectivity index (χ1v) is 14.5. The van der Waals surface area contributed by atoms with Gasteiger partial charge >= 0.3 is 0 Å². The molecule has 3 heterocycles. The highest BCUT2D eigenvalue weighted by Gasteiger charge is 2.40. The molecule has 0 bridgehead atoms. The third kappa shape index (κ3) is 5.30. The lowest BCUT2D eigenvalue weighted by Crippen LogP contribution is -2.52. The van der Waals surface area contributed by atoms with Crippen molar-refractivity contribution in [2.45, 2.75) is 88.9 Å². The van der Waals surface area contributed by atoms with E-state index in [-0.39, 0.29) is 30.0 Å². The molecule has 0 spiro atoms. The topological polar surface area (TPSA) is 111 Å². The van der Waals surface area contributed by atoms with Gasteiger partial charge in [-0.05, 0) is 68.9 Å². The Kier molecular flexibility index (Phi) is 7.12. The molecule has 3 N–H and O–H groups in total. The Morgan fingerprint density at radius 1 is 1.03 bits per heavy atom. The number of nitrogens with zero attached hydrogens (tertiary/aromatic N) is 2. The largest absolute Gasteiger partial charge is 0.382 e. The Morgan fingerprint density at radius 3 is 2.50 bits per heavy atom. The molecule has 1 aromatic rings. The molecule has 5 aliphatic rings. The minimum Gasteiger partial charge on any atom is -0.382 e. The van der Waals surface area contributed by atoms with E-state index in [1.807, 2.05) is 17.0 Å². The van der Waals surface area contributed by atoms with Gasteiger partial charge in [-0.1, -0.05) is 18.9 Å². The van der Waals surface area contributed by atoms with E-state index in [2.05, 4.69) is 22.0 Å². The highest BCUT2D eigenvalue weighted by Crippen LogP contribution is 2.40. The molecular weight excluding hydrogens is 482 g/mol. The molecule has 0 radical (unpaired) electrons. The zero-order valence-electron chi connectivity index (χ0n) is 22.0. The normalized spacial score (nSPS) is 28.0. The van der Waals surface area contributed by atoms with Crippen LogP contribution in [-0.2, 0) is 20.9 Å². The van der Waals surface area contributed by atoms with Crippen LogP contribution in [0, 0.1) is 11.8 Å². The number of benzene rings is 1. The van der Waals surface area contributed by atoms with Crippen LogP contribution < -0.4 is 16.0 Å². The number of piperidine rings is 1. The molecule has 1 aromatic carbocycles. The van der Waals surface area contributed by atoms with Crippen molar-refractivity contribution >= 4 is 29.3 Å². The van der Waals surface area contributed by atoms with Crippen molar-refractivity contribution < 1.29 is 19.2 Å². The second-order valence-corrected chi connectivity index (χ2v) is 11.9. The first kappa shape index (κ1) is 25.3. The lowest BCUT2D eigenvalue weighted by atomic mass is 9.79. The predicted molar refractivity (Wildman–Crippen MR) is 142 cm³/mol. The first-order chi connectivity index (χ1) is 18.5. The minimum absolute atomic E-state index is 0.128. The fourth-order valence-electron chi connectivity index (χ4n) is 6.64. The van der Waals surface area contributed by atoms with E-state index in [1.165, 1.54) is 12.8 Å². The van der Waals surface area contributed by atoms with Crippen LogP contribution in [0.1, 0.15) is 80.1 Å². The number of fused-ring (bicyclic) bond motifs is 1. The summed E-state index contributed by atoms with van der Waals surface area (Å²) in [7, 11) is 0. The number of rotatable bonds is 9. The molecule has 0 aromatic heterocycles. The molecule has 3 aliphatic heterocycles. The van der Waals surface area contributed by atoms with Crippen molar-refractivity contribution in [3.8, 4) is 0 Å². The lowest BCUT2D eigenvalue weighted by molar-refractivity contribution is -0.137. The SMILES string of the molecule is O=C1CC[C@@H](N2Cc3c(N[C@H](CC4CC4)C4CCC(NCC(=O)N5CCC5)CC4)cccc3C2=O)C(=O)N1. The fraction of sp³-hybridized carbons (Fsp3) is 0.655. The Balaban J connectivity index is 1.10. The second-order valence-electron chi connectivity index (χ2n) is 11.9. The maximum absolute atomic E-state index is 13.3. The third-order valence-corrected chi connectivity index (χ3v) is 9.30. The molecule has 6 rings (SSSR count). The van der Waals surface area contributed by atoms with Crippen molar-refractivity contribution in [2.75, 3.05) is 25.0 Å².